The highest BCUT2D eigenvalue weighted by molar-refractivity contribution is 6.83. The summed E-state index contributed by atoms with van der Waals surface area (Å²) in [4.78, 5) is 30.1. The fraction of sp³-hybridized carbons (Fsp3) is 0.308. The average molecular weight is 480 g/mol. The van der Waals surface area contributed by atoms with Crippen LogP contribution in [-0.2, 0) is 6.54 Å². The minimum atomic E-state index is -1.72. The first-order valence-corrected chi connectivity index (χ1v) is 14.6. The maximum Gasteiger partial charge on any atom is 0.322 e. The Hall–Kier alpha value is -3.41. The second kappa shape index (κ2) is 10.2. The third-order valence-corrected chi connectivity index (χ3v) is 6.06. The van der Waals surface area contributed by atoms with Crippen molar-refractivity contribution >= 4 is 30.7 Å². The third-order valence-electron chi connectivity index (χ3n) is 5.18. The van der Waals surface area contributed by atoms with Gasteiger partial charge in [-0.3, -0.25) is 4.79 Å². The third kappa shape index (κ3) is 6.34. The van der Waals surface area contributed by atoms with Crippen molar-refractivity contribution in [1.82, 2.24) is 9.88 Å². The van der Waals surface area contributed by atoms with Gasteiger partial charge in [0.2, 0.25) is 0 Å². The van der Waals surface area contributed by atoms with Crippen LogP contribution in [0.15, 0.2) is 41.2 Å². The van der Waals surface area contributed by atoms with Gasteiger partial charge in [-0.15, -0.1) is 5.54 Å². The highest BCUT2D eigenvalue weighted by Crippen LogP contribution is 2.20. The van der Waals surface area contributed by atoms with Gasteiger partial charge in [-0.05, 0) is 55.1 Å². The zero-order chi connectivity index (χ0) is 25.0. The molecule has 3 rings (SSSR count). The number of aliphatic hydroxyl groups is 1. The van der Waals surface area contributed by atoms with Crippen LogP contribution in [0.3, 0.4) is 0 Å². The molecule has 1 aromatic heterocycles. The van der Waals surface area contributed by atoms with Gasteiger partial charge in [0.25, 0.3) is 5.56 Å². The first-order chi connectivity index (χ1) is 16.0. The topological polar surface area (TPSA) is 85.4 Å². The predicted molar refractivity (Wildman–Crippen MR) is 137 cm³/mol. The van der Waals surface area contributed by atoms with Crippen molar-refractivity contribution in [1.29, 1.82) is 0 Å². The number of amides is 2. The number of aryl methyl sites for hydroxylation is 2. The molecular weight excluding hydrogens is 449 g/mol. The molecule has 0 aliphatic carbocycles. The van der Waals surface area contributed by atoms with Crippen molar-refractivity contribution < 1.29 is 14.3 Å². The van der Waals surface area contributed by atoms with E-state index in [1.54, 1.807) is 6.07 Å². The van der Waals surface area contributed by atoms with Crippen LogP contribution in [-0.4, -0.2) is 42.2 Å². The number of nitrogens with zero attached hydrogens (tertiary/aromatic N) is 1. The van der Waals surface area contributed by atoms with Crippen LogP contribution in [0.25, 0.3) is 10.9 Å². The lowest BCUT2D eigenvalue weighted by Crippen LogP contribution is -2.38. The zero-order valence-electron chi connectivity index (χ0n) is 20.2. The summed E-state index contributed by atoms with van der Waals surface area (Å²) in [6, 6.07) is 9.23. The fourth-order valence-corrected chi connectivity index (χ4v) is 4.12. The highest BCUT2D eigenvalue weighted by atomic mass is 28.3. The van der Waals surface area contributed by atoms with Gasteiger partial charge >= 0.3 is 6.03 Å². The highest BCUT2D eigenvalue weighted by Gasteiger charge is 2.18. The minimum Gasteiger partial charge on any atom is -0.395 e. The molecule has 0 aliphatic heterocycles. The van der Waals surface area contributed by atoms with Crippen LogP contribution in [0.2, 0.25) is 19.6 Å². The van der Waals surface area contributed by atoms with Gasteiger partial charge in [0.05, 0.1) is 29.9 Å². The van der Waals surface area contributed by atoms with Gasteiger partial charge in [-0.1, -0.05) is 37.2 Å². The van der Waals surface area contributed by atoms with Crippen LogP contribution in [0.1, 0.15) is 22.3 Å². The summed E-state index contributed by atoms with van der Waals surface area (Å²) in [5.41, 5.74) is 6.83. The predicted octanol–water partition coefficient (Wildman–Crippen LogP) is 4.54. The molecule has 0 saturated carbocycles. The molecule has 3 aromatic rings. The number of anilines is 1. The van der Waals surface area contributed by atoms with Gasteiger partial charge in [0.15, 0.2) is 0 Å². The monoisotopic (exact) mass is 479 g/mol. The number of H-pyrrole nitrogens is 1. The number of aliphatic hydroxyl groups excluding tert-OH is 1. The molecule has 2 amide bonds. The molecule has 2 aromatic carbocycles. The van der Waals surface area contributed by atoms with Crippen LogP contribution in [0, 0.1) is 31.1 Å². The van der Waals surface area contributed by atoms with E-state index in [1.807, 2.05) is 26.0 Å². The Kier molecular flexibility index (Phi) is 7.60. The number of nitrogens with one attached hydrogen (secondary N) is 2. The number of urea groups is 1. The second-order valence-corrected chi connectivity index (χ2v) is 14.2. The van der Waals surface area contributed by atoms with E-state index < -0.39 is 19.9 Å². The summed E-state index contributed by atoms with van der Waals surface area (Å²) >= 11 is 0. The average Bonchev–Trinajstić information content (AvgIpc) is 2.74. The zero-order valence-corrected chi connectivity index (χ0v) is 21.2. The van der Waals surface area contributed by atoms with Gasteiger partial charge in [0, 0.05) is 12.1 Å². The van der Waals surface area contributed by atoms with Crippen molar-refractivity contribution in [3.05, 3.63) is 74.8 Å². The summed E-state index contributed by atoms with van der Waals surface area (Å²) in [6.07, 6.45) is 0. The maximum absolute atomic E-state index is 13.8. The second-order valence-electron chi connectivity index (χ2n) is 9.43. The molecule has 3 N–H and O–H groups in total. The molecule has 0 saturated heterocycles. The van der Waals surface area contributed by atoms with Crippen molar-refractivity contribution in [3.63, 3.8) is 0 Å². The number of fused-ring (bicyclic) bond motifs is 1. The van der Waals surface area contributed by atoms with E-state index in [0.717, 1.165) is 22.0 Å². The van der Waals surface area contributed by atoms with Gasteiger partial charge in [-0.2, -0.15) is 0 Å². The number of carbonyl (C=O) groups excluding carboxylic acids is 1. The van der Waals surface area contributed by atoms with Crippen molar-refractivity contribution in [2.75, 3.05) is 18.5 Å². The van der Waals surface area contributed by atoms with E-state index in [4.69, 9.17) is 0 Å². The molecule has 0 radical (unpaired) electrons. The Balaban J connectivity index is 1.91. The minimum absolute atomic E-state index is 0.00175. The van der Waals surface area contributed by atoms with Crippen LogP contribution >= 0.6 is 0 Å². The van der Waals surface area contributed by atoms with E-state index in [1.165, 1.54) is 23.1 Å². The van der Waals surface area contributed by atoms with E-state index >= 15 is 0 Å². The lowest BCUT2D eigenvalue weighted by molar-refractivity contribution is 0.185. The molecule has 178 valence electrons. The Morgan fingerprint density at radius 2 is 1.91 bits per heavy atom. The summed E-state index contributed by atoms with van der Waals surface area (Å²) in [5.74, 6) is 2.55. The molecule has 0 bridgehead atoms. The number of pyridine rings is 1. The Morgan fingerprint density at radius 3 is 2.59 bits per heavy atom. The van der Waals surface area contributed by atoms with Crippen LogP contribution < -0.4 is 10.9 Å². The molecule has 0 aliphatic rings. The largest absolute Gasteiger partial charge is 0.395 e. The number of hydrogen-bond acceptors (Lipinski definition) is 3. The molecule has 1 heterocycles. The first kappa shape index (κ1) is 25.2. The molecule has 34 heavy (non-hydrogen) atoms. The number of carbonyl (C=O) groups is 1. The summed E-state index contributed by atoms with van der Waals surface area (Å²) in [6.45, 7) is 9.88. The summed E-state index contributed by atoms with van der Waals surface area (Å²) in [5, 5.41) is 13.2. The first-order valence-electron chi connectivity index (χ1n) is 11.1. The van der Waals surface area contributed by atoms with Crippen molar-refractivity contribution in [2.45, 2.75) is 40.0 Å². The number of hydrogen-bond donors (Lipinski definition) is 3. The number of halogens is 1. The standard InChI is InChI=1S/C26H30FN3O3Si/c1-17-12-18(2)24-20(13-17)14-21(25(32)29-24)16-30(9-10-31)26(33)28-23-7-6-22(27)15-19(23)8-11-34(3,4)5/h6-7,12-15,31H,9-10,16H2,1-5H3,(H,28,33)(H,29,32). The lowest BCUT2D eigenvalue weighted by atomic mass is 10.1. The number of aromatic nitrogens is 1. The number of aromatic amines is 1. The van der Waals surface area contributed by atoms with E-state index in [0.29, 0.717) is 16.8 Å². The SMILES string of the molecule is Cc1cc(C)c2[nH]c(=O)c(CN(CCO)C(=O)Nc3ccc(F)cc3C#C[Si](C)(C)C)cc2c1. The van der Waals surface area contributed by atoms with Crippen LogP contribution in [0.4, 0.5) is 14.9 Å². The van der Waals surface area contributed by atoms with Gasteiger partial charge in [0.1, 0.15) is 13.9 Å². The van der Waals surface area contributed by atoms with Gasteiger partial charge in [-0.25, -0.2) is 9.18 Å². The molecule has 6 nitrogen and oxygen atoms in total. The maximum atomic E-state index is 13.8. The number of rotatable bonds is 5. The van der Waals surface area contributed by atoms with Gasteiger partial charge < -0.3 is 20.3 Å². The Bertz CT molecular complexity index is 1350. The smallest absolute Gasteiger partial charge is 0.322 e. The number of benzene rings is 2. The van der Waals surface area contributed by atoms with E-state index in [9.17, 15) is 19.1 Å². The van der Waals surface area contributed by atoms with Crippen molar-refractivity contribution in [2.24, 2.45) is 0 Å². The molecule has 0 fully saturated rings. The molecule has 0 atom stereocenters. The fourth-order valence-electron chi connectivity index (χ4n) is 3.61. The van der Waals surface area contributed by atoms with E-state index in [-0.39, 0.29) is 25.3 Å². The molecule has 0 spiro atoms. The van der Waals surface area contributed by atoms with E-state index in [2.05, 4.69) is 41.4 Å². The van der Waals surface area contributed by atoms with Crippen LogP contribution in [0.5, 0.6) is 0 Å². The summed E-state index contributed by atoms with van der Waals surface area (Å²) < 4.78 is 13.8. The Labute approximate surface area is 199 Å². The Morgan fingerprint density at radius 1 is 1.18 bits per heavy atom. The lowest BCUT2D eigenvalue weighted by Gasteiger charge is -2.22. The normalized spacial score (nSPS) is 11.1. The van der Waals surface area contributed by atoms with Crippen molar-refractivity contribution in [3.8, 4) is 11.5 Å². The molecule has 0 unspecified atom stereocenters. The molecular formula is C26H30FN3O3Si. The quantitative estimate of drug-likeness (QED) is 0.371. The molecule has 8 heteroatoms. The summed E-state index contributed by atoms with van der Waals surface area (Å²) in [7, 11) is -1.72.